The third-order valence-corrected chi connectivity index (χ3v) is 7.53. The number of aromatic carboxylic acids is 1. The average molecular weight is 323 g/mol. The van der Waals surface area contributed by atoms with Crippen LogP contribution >= 0.6 is 0 Å². The van der Waals surface area contributed by atoms with Gasteiger partial charge in [-0.1, -0.05) is 13.8 Å². The van der Waals surface area contributed by atoms with Gasteiger partial charge in [-0.25, -0.2) is 9.78 Å². The number of hydrogen-bond donors (Lipinski definition) is 2. The molecule has 1 aromatic rings. The van der Waals surface area contributed by atoms with Gasteiger partial charge in [0.2, 0.25) is 0 Å². The summed E-state index contributed by atoms with van der Waals surface area (Å²) in [5.74, 6) is -0.402. The molecule has 6 heteroatoms. The van der Waals surface area contributed by atoms with Gasteiger partial charge in [0.1, 0.15) is 5.03 Å². The Hall–Kier alpha value is -1.27. The van der Waals surface area contributed by atoms with Crippen LogP contribution in [0, 0.1) is 16.7 Å². The van der Waals surface area contributed by atoms with Crippen LogP contribution in [-0.2, 0) is 10.8 Å². The zero-order valence-electron chi connectivity index (χ0n) is 12.8. The number of carboxylic acids is 1. The summed E-state index contributed by atoms with van der Waals surface area (Å²) in [5, 5.41) is 19.9. The van der Waals surface area contributed by atoms with Gasteiger partial charge in [0.25, 0.3) is 0 Å². The Morgan fingerprint density at radius 1 is 1.50 bits per heavy atom. The molecular weight excluding hydrogens is 302 g/mol. The minimum atomic E-state index is -1.54. The standard InChI is InChI=1S/C16H21NO4S/c1-15(2)10-5-6-16(15,12(18)8-10)9-22(21)13-11(14(19)20)4-3-7-17-13/h3-4,7,10,12,18H,5-6,8-9H2,1-2H3,(H,19,20). The van der Waals surface area contributed by atoms with Crippen molar-refractivity contribution in [1.29, 1.82) is 0 Å². The molecule has 4 unspecified atom stereocenters. The lowest BCUT2D eigenvalue weighted by Crippen LogP contribution is -2.43. The van der Waals surface area contributed by atoms with E-state index in [0.717, 1.165) is 19.3 Å². The van der Waals surface area contributed by atoms with E-state index in [-0.39, 0.29) is 21.8 Å². The van der Waals surface area contributed by atoms with E-state index in [1.54, 1.807) is 0 Å². The molecule has 0 spiro atoms. The number of pyridine rings is 1. The molecule has 2 aliphatic carbocycles. The van der Waals surface area contributed by atoms with E-state index in [4.69, 9.17) is 0 Å². The Kier molecular flexibility index (Phi) is 3.64. The highest BCUT2D eigenvalue weighted by molar-refractivity contribution is 7.85. The first-order valence-corrected chi connectivity index (χ1v) is 8.86. The van der Waals surface area contributed by atoms with E-state index in [1.165, 1.54) is 18.3 Å². The molecule has 4 atom stereocenters. The van der Waals surface area contributed by atoms with Gasteiger partial charge in [-0.15, -0.1) is 0 Å². The summed E-state index contributed by atoms with van der Waals surface area (Å²) in [4.78, 5) is 15.3. The second-order valence-electron chi connectivity index (χ2n) is 7.02. The summed E-state index contributed by atoms with van der Waals surface area (Å²) in [6, 6.07) is 2.95. The second-order valence-corrected chi connectivity index (χ2v) is 8.38. The third kappa shape index (κ3) is 2.04. The fourth-order valence-corrected chi connectivity index (χ4v) is 6.31. The molecule has 22 heavy (non-hydrogen) atoms. The lowest BCUT2D eigenvalue weighted by atomic mass is 9.70. The van der Waals surface area contributed by atoms with Crippen LogP contribution in [0.5, 0.6) is 0 Å². The fourth-order valence-electron chi connectivity index (χ4n) is 4.42. The number of rotatable bonds is 4. The molecule has 1 aromatic heterocycles. The normalized spacial score (nSPS) is 33.8. The summed E-state index contributed by atoms with van der Waals surface area (Å²) >= 11 is 0. The molecular formula is C16H21NO4S. The number of nitrogens with zero attached hydrogens (tertiary/aromatic N) is 1. The van der Waals surface area contributed by atoms with Gasteiger partial charge in [-0.05, 0) is 42.7 Å². The van der Waals surface area contributed by atoms with Crippen molar-refractivity contribution in [2.24, 2.45) is 16.7 Å². The van der Waals surface area contributed by atoms with E-state index < -0.39 is 28.3 Å². The maximum atomic E-state index is 12.8. The van der Waals surface area contributed by atoms with Gasteiger partial charge >= 0.3 is 5.97 Å². The maximum Gasteiger partial charge on any atom is 0.338 e. The summed E-state index contributed by atoms with van der Waals surface area (Å²) < 4.78 is 12.8. The van der Waals surface area contributed by atoms with Gasteiger partial charge in [0.05, 0.1) is 22.5 Å². The smallest absolute Gasteiger partial charge is 0.338 e. The number of hydrogen-bond acceptors (Lipinski definition) is 4. The SMILES string of the molecule is CC1(C)C2CCC1(CS(=O)c1ncccc1C(=O)O)C(O)C2. The molecule has 2 bridgehead atoms. The largest absolute Gasteiger partial charge is 0.478 e. The molecule has 0 saturated heterocycles. The van der Waals surface area contributed by atoms with Crippen molar-refractivity contribution in [3.05, 3.63) is 23.9 Å². The molecule has 2 N–H and O–H groups in total. The number of aromatic nitrogens is 1. The molecule has 0 aliphatic heterocycles. The highest BCUT2D eigenvalue weighted by Gasteiger charge is 2.64. The van der Waals surface area contributed by atoms with E-state index in [1.807, 2.05) is 0 Å². The molecule has 2 fully saturated rings. The predicted molar refractivity (Wildman–Crippen MR) is 82.0 cm³/mol. The lowest BCUT2D eigenvalue weighted by molar-refractivity contribution is 0.0160. The van der Waals surface area contributed by atoms with Gasteiger partial charge in [0.15, 0.2) is 0 Å². The van der Waals surface area contributed by atoms with Crippen molar-refractivity contribution >= 4 is 16.8 Å². The summed E-state index contributed by atoms with van der Waals surface area (Å²) in [6.07, 6.45) is 3.62. The van der Waals surface area contributed by atoms with Crippen LogP contribution in [0.2, 0.25) is 0 Å². The van der Waals surface area contributed by atoms with Crippen LogP contribution in [0.25, 0.3) is 0 Å². The van der Waals surface area contributed by atoms with Gasteiger partial charge < -0.3 is 10.2 Å². The molecule has 3 rings (SSSR count). The van der Waals surface area contributed by atoms with E-state index in [9.17, 15) is 19.2 Å². The first kappa shape index (κ1) is 15.6. The van der Waals surface area contributed by atoms with Crippen LogP contribution < -0.4 is 0 Å². The Labute approximate surface area is 132 Å². The molecule has 1 heterocycles. The zero-order valence-corrected chi connectivity index (χ0v) is 13.6. The molecule has 2 saturated carbocycles. The van der Waals surface area contributed by atoms with Crippen molar-refractivity contribution in [1.82, 2.24) is 4.98 Å². The highest BCUT2D eigenvalue weighted by Crippen LogP contribution is 2.66. The molecule has 5 nitrogen and oxygen atoms in total. The monoisotopic (exact) mass is 323 g/mol. The van der Waals surface area contributed by atoms with Crippen molar-refractivity contribution in [3.8, 4) is 0 Å². The van der Waals surface area contributed by atoms with Crippen LogP contribution in [0.4, 0.5) is 0 Å². The third-order valence-electron chi connectivity index (χ3n) is 5.99. The van der Waals surface area contributed by atoms with Crippen molar-refractivity contribution < 1.29 is 19.2 Å². The summed E-state index contributed by atoms with van der Waals surface area (Å²) in [6.45, 7) is 4.27. The molecule has 2 aliphatic rings. The van der Waals surface area contributed by atoms with Gasteiger partial charge in [-0.2, -0.15) is 0 Å². The first-order chi connectivity index (χ1) is 10.3. The van der Waals surface area contributed by atoms with Crippen LogP contribution in [0.15, 0.2) is 23.4 Å². The van der Waals surface area contributed by atoms with E-state index in [0.29, 0.717) is 5.92 Å². The number of carboxylic acid groups (broad SMARTS) is 1. The van der Waals surface area contributed by atoms with E-state index >= 15 is 0 Å². The van der Waals surface area contributed by atoms with E-state index in [2.05, 4.69) is 18.8 Å². The number of aliphatic hydroxyl groups excluding tert-OH is 1. The van der Waals surface area contributed by atoms with Crippen molar-refractivity contribution in [3.63, 3.8) is 0 Å². The average Bonchev–Trinajstić information content (AvgIpc) is 2.81. The Morgan fingerprint density at radius 2 is 2.23 bits per heavy atom. The molecule has 0 aromatic carbocycles. The lowest BCUT2D eigenvalue weighted by Gasteiger charge is -2.40. The van der Waals surface area contributed by atoms with Crippen LogP contribution in [-0.4, -0.2) is 37.2 Å². The van der Waals surface area contributed by atoms with Crippen LogP contribution in [0.1, 0.15) is 43.5 Å². The Bertz CT molecular complexity index is 645. The summed E-state index contributed by atoms with van der Waals surface area (Å²) in [7, 11) is -1.54. The van der Waals surface area contributed by atoms with Gasteiger partial charge in [-0.3, -0.25) is 4.21 Å². The second kappa shape index (κ2) is 5.13. The Balaban J connectivity index is 1.94. The number of aliphatic hydroxyl groups is 1. The molecule has 120 valence electrons. The topological polar surface area (TPSA) is 87.5 Å². The number of carbonyl (C=O) groups is 1. The summed E-state index contributed by atoms with van der Waals surface area (Å²) in [5.41, 5.74) is -0.507. The maximum absolute atomic E-state index is 12.8. The zero-order chi connectivity index (χ0) is 16.1. The minimum absolute atomic E-state index is 0.0166. The quantitative estimate of drug-likeness (QED) is 0.886. The molecule has 0 radical (unpaired) electrons. The first-order valence-electron chi connectivity index (χ1n) is 7.54. The fraction of sp³-hybridized carbons (Fsp3) is 0.625. The Morgan fingerprint density at radius 3 is 2.77 bits per heavy atom. The highest BCUT2D eigenvalue weighted by atomic mass is 32.2. The molecule has 0 amide bonds. The van der Waals surface area contributed by atoms with Gasteiger partial charge in [0, 0.05) is 17.4 Å². The minimum Gasteiger partial charge on any atom is -0.478 e. The number of fused-ring (bicyclic) bond motifs is 2. The van der Waals surface area contributed by atoms with Crippen molar-refractivity contribution in [2.45, 2.75) is 44.2 Å². The van der Waals surface area contributed by atoms with Crippen LogP contribution in [0.3, 0.4) is 0 Å². The van der Waals surface area contributed by atoms with Crippen molar-refractivity contribution in [2.75, 3.05) is 5.75 Å². The predicted octanol–water partition coefficient (Wildman–Crippen LogP) is 2.07.